The van der Waals surface area contributed by atoms with Crippen molar-refractivity contribution in [3.63, 3.8) is 0 Å². The van der Waals surface area contributed by atoms with Crippen LogP contribution in [-0.4, -0.2) is 34.7 Å². The molecule has 2 fully saturated rings. The number of aromatic amines is 1. The largest absolute Gasteiger partial charge is 0.451 e. The third-order valence-corrected chi connectivity index (χ3v) is 6.05. The molecule has 0 aliphatic heterocycles. The lowest BCUT2D eigenvalue weighted by Crippen LogP contribution is -2.42. The van der Waals surface area contributed by atoms with Gasteiger partial charge >= 0.3 is 5.97 Å². The van der Waals surface area contributed by atoms with Crippen LogP contribution in [0.5, 0.6) is 0 Å². The molecule has 4 atom stereocenters. The van der Waals surface area contributed by atoms with Crippen molar-refractivity contribution in [3.05, 3.63) is 40.3 Å². The van der Waals surface area contributed by atoms with Gasteiger partial charge in [-0.1, -0.05) is 24.6 Å². The van der Waals surface area contributed by atoms with Gasteiger partial charge in [0, 0.05) is 11.4 Å². The molecule has 1 heterocycles. The number of fused-ring (bicyclic) bond motifs is 3. The molecule has 1 aromatic heterocycles. The maximum atomic E-state index is 12.3. The summed E-state index contributed by atoms with van der Waals surface area (Å²) in [6.45, 7) is 1.67. The summed E-state index contributed by atoms with van der Waals surface area (Å²) in [5, 5.41) is 9.80. The van der Waals surface area contributed by atoms with Crippen molar-refractivity contribution in [1.29, 1.82) is 0 Å². The van der Waals surface area contributed by atoms with Crippen LogP contribution < -0.4 is 10.9 Å². The van der Waals surface area contributed by atoms with Gasteiger partial charge in [0.05, 0.1) is 5.39 Å². The van der Waals surface area contributed by atoms with Crippen LogP contribution in [0, 0.1) is 17.8 Å². The fourth-order valence-corrected chi connectivity index (χ4v) is 4.78. The van der Waals surface area contributed by atoms with E-state index in [1.807, 2.05) is 6.92 Å². The van der Waals surface area contributed by atoms with Gasteiger partial charge in [-0.05, 0) is 50.0 Å². The van der Waals surface area contributed by atoms with E-state index in [-0.39, 0.29) is 29.8 Å². The third kappa shape index (κ3) is 3.46. The van der Waals surface area contributed by atoms with Crippen molar-refractivity contribution < 1.29 is 14.3 Å². The van der Waals surface area contributed by atoms with E-state index in [9.17, 15) is 14.4 Å². The highest BCUT2D eigenvalue weighted by atomic mass is 16.5. The first-order valence-electron chi connectivity index (χ1n) is 9.47. The molecule has 2 bridgehead atoms. The maximum Gasteiger partial charge on any atom is 0.359 e. The van der Waals surface area contributed by atoms with Crippen LogP contribution in [-0.2, 0) is 9.53 Å². The van der Waals surface area contributed by atoms with Crippen LogP contribution in [0.25, 0.3) is 10.8 Å². The molecule has 0 radical (unpaired) electrons. The molecule has 2 saturated carbocycles. The van der Waals surface area contributed by atoms with Crippen LogP contribution in [0.4, 0.5) is 0 Å². The van der Waals surface area contributed by atoms with Gasteiger partial charge < -0.3 is 10.1 Å². The Kier molecular flexibility index (Phi) is 4.68. The Morgan fingerprint density at radius 3 is 2.74 bits per heavy atom. The van der Waals surface area contributed by atoms with E-state index < -0.39 is 5.97 Å². The monoisotopic (exact) mass is 369 g/mol. The van der Waals surface area contributed by atoms with E-state index in [4.69, 9.17) is 4.74 Å². The molecule has 27 heavy (non-hydrogen) atoms. The lowest BCUT2D eigenvalue weighted by Gasteiger charge is -2.28. The van der Waals surface area contributed by atoms with Gasteiger partial charge in [0.2, 0.25) is 0 Å². The Hall–Kier alpha value is -2.70. The molecule has 0 spiro atoms. The van der Waals surface area contributed by atoms with Gasteiger partial charge in [-0.25, -0.2) is 9.89 Å². The zero-order chi connectivity index (χ0) is 19.0. The lowest BCUT2D eigenvalue weighted by molar-refractivity contribution is -0.125. The number of esters is 1. The minimum atomic E-state index is -0.731. The number of rotatable bonds is 5. The minimum absolute atomic E-state index is 0.000786. The van der Waals surface area contributed by atoms with Crippen LogP contribution in [0.15, 0.2) is 29.1 Å². The highest BCUT2D eigenvalue weighted by molar-refractivity contribution is 6.02. The second-order valence-corrected chi connectivity index (χ2v) is 7.72. The second-order valence-electron chi connectivity index (χ2n) is 7.72. The normalized spacial score (nSPS) is 24.7. The van der Waals surface area contributed by atoms with Gasteiger partial charge in [-0.3, -0.25) is 9.59 Å². The van der Waals surface area contributed by atoms with Crippen molar-refractivity contribution in [1.82, 2.24) is 15.5 Å². The summed E-state index contributed by atoms with van der Waals surface area (Å²) < 4.78 is 5.13. The van der Waals surface area contributed by atoms with E-state index in [1.54, 1.807) is 24.3 Å². The Bertz CT molecular complexity index is 938. The number of hydrogen-bond donors (Lipinski definition) is 2. The van der Waals surface area contributed by atoms with Crippen molar-refractivity contribution >= 4 is 22.6 Å². The predicted molar refractivity (Wildman–Crippen MR) is 99.2 cm³/mol. The molecule has 142 valence electrons. The first kappa shape index (κ1) is 17.7. The Morgan fingerprint density at radius 2 is 2.04 bits per heavy atom. The number of nitrogens with one attached hydrogen (secondary N) is 2. The minimum Gasteiger partial charge on any atom is -0.451 e. The zero-order valence-corrected chi connectivity index (χ0v) is 15.2. The predicted octanol–water partition coefficient (Wildman–Crippen LogP) is 2.02. The van der Waals surface area contributed by atoms with E-state index in [2.05, 4.69) is 15.5 Å². The molecule has 7 nitrogen and oxygen atoms in total. The Balaban J connectivity index is 1.36. The van der Waals surface area contributed by atoms with E-state index in [0.29, 0.717) is 22.6 Å². The molecular formula is C20H23N3O4. The highest BCUT2D eigenvalue weighted by Gasteiger charge is 2.42. The second kappa shape index (κ2) is 7.13. The van der Waals surface area contributed by atoms with Crippen LogP contribution in [0.3, 0.4) is 0 Å². The zero-order valence-electron chi connectivity index (χ0n) is 15.2. The molecule has 0 saturated heterocycles. The van der Waals surface area contributed by atoms with Gasteiger partial charge in [-0.15, -0.1) is 0 Å². The number of carbonyl (C=O) groups excluding carboxylic acids is 2. The summed E-state index contributed by atoms with van der Waals surface area (Å²) in [5.41, 5.74) is -0.376. The highest BCUT2D eigenvalue weighted by Crippen LogP contribution is 2.49. The summed E-state index contributed by atoms with van der Waals surface area (Å²) in [6.07, 6.45) is 5.04. The van der Waals surface area contributed by atoms with Crippen LogP contribution in [0.1, 0.15) is 43.1 Å². The summed E-state index contributed by atoms with van der Waals surface area (Å²) >= 11 is 0. The lowest BCUT2D eigenvalue weighted by atomic mass is 9.84. The fourth-order valence-electron chi connectivity index (χ4n) is 4.78. The molecule has 2 N–H and O–H groups in total. The van der Waals surface area contributed by atoms with Gasteiger partial charge in [-0.2, -0.15) is 5.10 Å². The number of carbonyl (C=O) groups is 2. The number of nitrogens with zero attached hydrogens (tertiary/aromatic N) is 1. The molecule has 1 aromatic carbocycles. The van der Waals surface area contributed by atoms with Crippen LogP contribution >= 0.6 is 0 Å². The van der Waals surface area contributed by atoms with E-state index >= 15 is 0 Å². The van der Waals surface area contributed by atoms with Crippen molar-refractivity contribution in [2.75, 3.05) is 6.61 Å². The average Bonchev–Trinajstić information content (AvgIpc) is 3.30. The molecule has 7 heteroatoms. The van der Waals surface area contributed by atoms with E-state index in [0.717, 1.165) is 5.92 Å². The molecule has 2 aliphatic rings. The summed E-state index contributed by atoms with van der Waals surface area (Å²) in [7, 11) is 0. The number of ether oxygens (including phenoxy) is 1. The Morgan fingerprint density at radius 1 is 1.26 bits per heavy atom. The average molecular weight is 369 g/mol. The summed E-state index contributed by atoms with van der Waals surface area (Å²) in [6, 6.07) is 6.74. The molecular weight excluding hydrogens is 346 g/mol. The molecule has 2 aliphatic carbocycles. The molecule has 0 unspecified atom stereocenters. The molecule has 2 aromatic rings. The number of benzene rings is 1. The first-order valence-corrected chi connectivity index (χ1v) is 9.47. The van der Waals surface area contributed by atoms with Gasteiger partial charge in [0.25, 0.3) is 11.5 Å². The topological polar surface area (TPSA) is 101 Å². The van der Waals surface area contributed by atoms with Gasteiger partial charge in [0.15, 0.2) is 12.3 Å². The SMILES string of the molecule is C[C@H](NC(=O)COC(=O)c1n[nH]c(=O)c2ccccc12)[C@H]1C[C@H]2CC[C@H]1C2. The molecule has 4 rings (SSSR count). The first-order chi connectivity index (χ1) is 13.0. The Labute approximate surface area is 156 Å². The summed E-state index contributed by atoms with van der Waals surface area (Å²) in [5.74, 6) is 1.01. The van der Waals surface area contributed by atoms with Crippen LogP contribution in [0.2, 0.25) is 0 Å². The number of hydrogen-bond acceptors (Lipinski definition) is 5. The quantitative estimate of drug-likeness (QED) is 0.785. The van der Waals surface area contributed by atoms with Crippen molar-refractivity contribution in [2.24, 2.45) is 17.8 Å². The standard InChI is InChI=1S/C20H23N3O4/c1-11(16-9-12-6-7-13(16)8-12)21-17(24)10-27-20(26)18-14-4-2-3-5-15(14)19(25)23-22-18/h2-5,11-13,16H,6-10H2,1H3,(H,21,24)(H,23,25)/t11-,12-,13-,16+/m0/s1. The maximum absolute atomic E-state index is 12.3. The number of H-pyrrole nitrogens is 1. The van der Waals surface area contributed by atoms with Crippen molar-refractivity contribution in [2.45, 2.75) is 38.6 Å². The summed E-state index contributed by atoms with van der Waals surface area (Å²) in [4.78, 5) is 36.3. The number of aromatic nitrogens is 2. The van der Waals surface area contributed by atoms with Crippen molar-refractivity contribution in [3.8, 4) is 0 Å². The van der Waals surface area contributed by atoms with Gasteiger partial charge in [0.1, 0.15) is 0 Å². The number of amides is 1. The smallest absolute Gasteiger partial charge is 0.359 e. The van der Waals surface area contributed by atoms with E-state index in [1.165, 1.54) is 25.7 Å². The molecule has 1 amide bonds. The fraction of sp³-hybridized carbons (Fsp3) is 0.500. The third-order valence-electron chi connectivity index (χ3n) is 6.05.